The van der Waals surface area contributed by atoms with E-state index >= 15 is 0 Å². The predicted molar refractivity (Wildman–Crippen MR) is 80.1 cm³/mol. The molecule has 0 saturated carbocycles. The van der Waals surface area contributed by atoms with Gasteiger partial charge in [0.15, 0.2) is 0 Å². The molecule has 0 aromatic rings. The van der Waals surface area contributed by atoms with Crippen LogP contribution in [0.2, 0.25) is 0 Å². The fraction of sp³-hybridized carbons (Fsp3) is 0.867. The van der Waals surface area contributed by atoms with Crippen LogP contribution < -0.4 is 5.32 Å². The number of aliphatic carboxylic acids is 1. The van der Waals surface area contributed by atoms with E-state index in [0.717, 1.165) is 38.8 Å². The van der Waals surface area contributed by atoms with Crippen molar-refractivity contribution in [2.45, 2.75) is 45.6 Å². The van der Waals surface area contributed by atoms with Gasteiger partial charge in [0.2, 0.25) is 0 Å². The first-order valence-electron chi connectivity index (χ1n) is 7.91. The van der Waals surface area contributed by atoms with Gasteiger partial charge >= 0.3 is 11.9 Å². The fourth-order valence-corrected chi connectivity index (χ4v) is 2.89. The van der Waals surface area contributed by atoms with Crippen LogP contribution in [0, 0.1) is 5.92 Å². The third-order valence-electron chi connectivity index (χ3n) is 3.82. The topological polar surface area (TPSA) is 78.9 Å². The molecule has 2 unspecified atom stereocenters. The number of carboxylic acids is 1. The number of hydrogen-bond donors (Lipinski definition) is 2. The van der Waals surface area contributed by atoms with Crippen molar-refractivity contribution in [3.05, 3.63) is 0 Å². The number of rotatable bonds is 9. The minimum absolute atomic E-state index is 0.00718. The van der Waals surface area contributed by atoms with Crippen LogP contribution in [0.3, 0.4) is 0 Å². The van der Waals surface area contributed by atoms with Gasteiger partial charge in [-0.15, -0.1) is 0 Å². The number of carboxylic acid groups (broad SMARTS) is 1. The second-order valence-corrected chi connectivity index (χ2v) is 5.58. The predicted octanol–water partition coefficient (Wildman–Crippen LogP) is 1.10. The number of esters is 1. The highest BCUT2D eigenvalue weighted by atomic mass is 16.5. The van der Waals surface area contributed by atoms with Crippen LogP contribution in [-0.4, -0.2) is 60.8 Å². The summed E-state index contributed by atoms with van der Waals surface area (Å²) in [6.07, 6.45) is 3.87. The Labute approximate surface area is 126 Å². The van der Waals surface area contributed by atoms with E-state index in [-0.39, 0.29) is 18.6 Å². The van der Waals surface area contributed by atoms with E-state index in [0.29, 0.717) is 19.1 Å². The molecule has 6 heteroatoms. The summed E-state index contributed by atoms with van der Waals surface area (Å²) >= 11 is 0. The molecule has 1 heterocycles. The lowest BCUT2D eigenvalue weighted by Crippen LogP contribution is -2.49. The summed E-state index contributed by atoms with van der Waals surface area (Å²) < 4.78 is 5.18. The van der Waals surface area contributed by atoms with Crippen molar-refractivity contribution >= 4 is 11.9 Å². The van der Waals surface area contributed by atoms with Gasteiger partial charge < -0.3 is 15.2 Å². The maximum Gasteiger partial charge on any atom is 0.323 e. The van der Waals surface area contributed by atoms with Crippen molar-refractivity contribution in [2.75, 3.05) is 32.8 Å². The van der Waals surface area contributed by atoms with Crippen LogP contribution in [-0.2, 0) is 14.3 Å². The van der Waals surface area contributed by atoms with Gasteiger partial charge in [-0.1, -0.05) is 13.3 Å². The van der Waals surface area contributed by atoms with Gasteiger partial charge in [0.25, 0.3) is 0 Å². The SMILES string of the molecule is CCCC(C(=O)OCC)N1CCCC(CNCC(=O)O)C1. The third kappa shape index (κ3) is 6.44. The molecular formula is C15H28N2O4. The zero-order valence-electron chi connectivity index (χ0n) is 13.1. The molecule has 1 aliphatic heterocycles. The molecule has 2 N–H and O–H groups in total. The highest BCUT2D eigenvalue weighted by Crippen LogP contribution is 2.20. The zero-order valence-corrected chi connectivity index (χ0v) is 13.1. The Balaban J connectivity index is 2.50. The number of carbonyl (C=O) groups is 2. The van der Waals surface area contributed by atoms with Crippen LogP contribution in [0.1, 0.15) is 39.5 Å². The second kappa shape index (κ2) is 9.73. The lowest BCUT2D eigenvalue weighted by Gasteiger charge is -2.37. The van der Waals surface area contributed by atoms with Crippen LogP contribution in [0.4, 0.5) is 0 Å². The maximum atomic E-state index is 12.1. The number of nitrogens with one attached hydrogen (secondary N) is 1. The van der Waals surface area contributed by atoms with E-state index in [2.05, 4.69) is 17.1 Å². The largest absolute Gasteiger partial charge is 0.480 e. The van der Waals surface area contributed by atoms with E-state index in [9.17, 15) is 9.59 Å². The summed E-state index contributed by atoms with van der Waals surface area (Å²) in [5, 5.41) is 11.6. The van der Waals surface area contributed by atoms with Crippen molar-refractivity contribution in [3.8, 4) is 0 Å². The van der Waals surface area contributed by atoms with Crippen LogP contribution in [0.25, 0.3) is 0 Å². The molecule has 0 amide bonds. The minimum atomic E-state index is -0.835. The van der Waals surface area contributed by atoms with Crippen LogP contribution in [0.15, 0.2) is 0 Å². The zero-order chi connectivity index (χ0) is 15.7. The molecule has 6 nitrogen and oxygen atoms in total. The van der Waals surface area contributed by atoms with Gasteiger partial charge in [0.1, 0.15) is 6.04 Å². The summed E-state index contributed by atoms with van der Waals surface area (Å²) in [6.45, 7) is 6.74. The molecule has 21 heavy (non-hydrogen) atoms. The minimum Gasteiger partial charge on any atom is -0.480 e. The second-order valence-electron chi connectivity index (χ2n) is 5.58. The molecule has 0 radical (unpaired) electrons. The molecule has 0 aliphatic carbocycles. The molecule has 0 aromatic carbocycles. The lowest BCUT2D eigenvalue weighted by atomic mass is 9.95. The van der Waals surface area contributed by atoms with E-state index in [1.54, 1.807) is 0 Å². The molecule has 0 aromatic heterocycles. The quantitative estimate of drug-likeness (QED) is 0.621. The lowest BCUT2D eigenvalue weighted by molar-refractivity contribution is -0.150. The van der Waals surface area contributed by atoms with E-state index < -0.39 is 5.97 Å². The average molecular weight is 300 g/mol. The van der Waals surface area contributed by atoms with Crippen LogP contribution in [0.5, 0.6) is 0 Å². The van der Waals surface area contributed by atoms with E-state index in [1.807, 2.05) is 6.92 Å². The Morgan fingerprint density at radius 3 is 2.81 bits per heavy atom. The molecular weight excluding hydrogens is 272 g/mol. The summed E-state index contributed by atoms with van der Waals surface area (Å²) in [4.78, 5) is 24.8. The van der Waals surface area contributed by atoms with Crippen molar-refractivity contribution in [2.24, 2.45) is 5.92 Å². The van der Waals surface area contributed by atoms with Gasteiger partial charge in [-0.25, -0.2) is 0 Å². The standard InChI is InChI=1S/C15H28N2O4/c1-3-6-13(15(20)21-4-2)17-8-5-7-12(11-17)9-16-10-14(18)19/h12-13,16H,3-11H2,1-2H3,(H,18,19). The van der Waals surface area contributed by atoms with Gasteiger partial charge in [-0.2, -0.15) is 0 Å². The Kier molecular flexibility index (Phi) is 8.30. The average Bonchev–Trinajstić information content (AvgIpc) is 2.45. The molecule has 1 rings (SSSR count). The Morgan fingerprint density at radius 2 is 2.19 bits per heavy atom. The van der Waals surface area contributed by atoms with E-state index in [4.69, 9.17) is 9.84 Å². The first-order valence-corrected chi connectivity index (χ1v) is 7.91. The number of nitrogens with zero attached hydrogens (tertiary/aromatic N) is 1. The molecule has 1 aliphatic rings. The number of hydrogen-bond acceptors (Lipinski definition) is 5. The van der Waals surface area contributed by atoms with Gasteiger partial charge in [-0.3, -0.25) is 14.5 Å². The molecule has 2 atom stereocenters. The number of carbonyl (C=O) groups excluding carboxylic acids is 1. The number of ether oxygens (including phenoxy) is 1. The summed E-state index contributed by atoms with van der Waals surface area (Å²) in [7, 11) is 0. The van der Waals surface area contributed by atoms with Crippen molar-refractivity contribution in [1.29, 1.82) is 0 Å². The highest BCUT2D eigenvalue weighted by Gasteiger charge is 2.30. The van der Waals surface area contributed by atoms with Gasteiger partial charge in [-0.05, 0) is 45.2 Å². The Morgan fingerprint density at radius 1 is 1.43 bits per heavy atom. The number of piperidine rings is 1. The highest BCUT2D eigenvalue weighted by molar-refractivity contribution is 5.75. The Hall–Kier alpha value is -1.14. The van der Waals surface area contributed by atoms with Crippen molar-refractivity contribution in [1.82, 2.24) is 10.2 Å². The monoisotopic (exact) mass is 300 g/mol. The summed E-state index contributed by atoms with van der Waals surface area (Å²) in [5.41, 5.74) is 0. The molecule has 1 saturated heterocycles. The van der Waals surface area contributed by atoms with Gasteiger partial charge in [0, 0.05) is 6.54 Å². The van der Waals surface area contributed by atoms with Crippen LogP contribution >= 0.6 is 0 Å². The van der Waals surface area contributed by atoms with Crippen molar-refractivity contribution in [3.63, 3.8) is 0 Å². The number of likely N-dealkylation sites (tertiary alicyclic amines) is 1. The summed E-state index contributed by atoms with van der Waals surface area (Å²) in [5.74, 6) is -0.566. The molecule has 0 spiro atoms. The first-order chi connectivity index (χ1) is 10.1. The van der Waals surface area contributed by atoms with Gasteiger partial charge in [0.05, 0.1) is 13.2 Å². The van der Waals surface area contributed by atoms with Crippen molar-refractivity contribution < 1.29 is 19.4 Å². The fourth-order valence-electron chi connectivity index (χ4n) is 2.89. The third-order valence-corrected chi connectivity index (χ3v) is 3.82. The summed E-state index contributed by atoms with van der Waals surface area (Å²) in [6, 6.07) is -0.155. The molecule has 1 fully saturated rings. The maximum absolute atomic E-state index is 12.1. The smallest absolute Gasteiger partial charge is 0.323 e. The molecule has 0 bridgehead atoms. The van der Waals surface area contributed by atoms with E-state index in [1.165, 1.54) is 0 Å². The normalized spacial score (nSPS) is 21.0. The first kappa shape index (κ1) is 17.9. The molecule has 122 valence electrons. The Bertz CT molecular complexity index is 336.